The van der Waals surface area contributed by atoms with E-state index in [2.05, 4.69) is 5.32 Å². The zero-order valence-corrected chi connectivity index (χ0v) is 10.4. The van der Waals surface area contributed by atoms with Crippen molar-refractivity contribution in [3.63, 3.8) is 0 Å². The Morgan fingerprint density at radius 2 is 2.11 bits per heavy atom. The Hall–Kier alpha value is -2.33. The predicted molar refractivity (Wildman–Crippen MR) is 71.1 cm³/mol. The topological polar surface area (TPSA) is 59.3 Å². The second-order valence-corrected chi connectivity index (χ2v) is 4.42. The minimum Gasteiger partial charge on any atom is -0.461 e. The van der Waals surface area contributed by atoms with Gasteiger partial charge in [-0.2, -0.15) is 0 Å². The number of amides is 1. The van der Waals surface area contributed by atoms with Gasteiger partial charge in [0.1, 0.15) is 0 Å². The predicted octanol–water partition coefficient (Wildman–Crippen LogP) is 3.15. The molecule has 0 bridgehead atoms. The zero-order chi connectivity index (χ0) is 13.4. The van der Waals surface area contributed by atoms with Crippen LogP contribution in [0.25, 0.3) is 5.57 Å². The molecule has 0 saturated heterocycles. The van der Waals surface area contributed by atoms with E-state index in [-0.39, 0.29) is 17.5 Å². The highest BCUT2D eigenvalue weighted by Gasteiger charge is 2.27. The summed E-state index contributed by atoms with van der Waals surface area (Å²) in [6.45, 7) is 0. The molecule has 5 heteroatoms. The molecular formula is C14H8ClNO3. The van der Waals surface area contributed by atoms with Gasteiger partial charge in [-0.1, -0.05) is 23.7 Å². The molecule has 4 nitrogen and oxygen atoms in total. The fraction of sp³-hybridized carbons (Fsp3) is 0. The van der Waals surface area contributed by atoms with Crippen molar-refractivity contribution in [2.24, 2.45) is 0 Å². The molecule has 2 aromatic rings. The number of carbonyl (C=O) groups excluding carboxylic acids is 2. The highest BCUT2D eigenvalue weighted by atomic mass is 35.5. The van der Waals surface area contributed by atoms with E-state index in [1.807, 2.05) is 0 Å². The first-order valence-corrected chi connectivity index (χ1v) is 5.94. The maximum atomic E-state index is 11.9. The Kier molecular flexibility index (Phi) is 2.72. The maximum Gasteiger partial charge on any atom is 0.256 e. The van der Waals surface area contributed by atoms with Crippen molar-refractivity contribution in [3.8, 4) is 0 Å². The van der Waals surface area contributed by atoms with E-state index in [1.54, 1.807) is 30.3 Å². The smallest absolute Gasteiger partial charge is 0.256 e. The maximum absolute atomic E-state index is 11.9. The van der Waals surface area contributed by atoms with Crippen LogP contribution < -0.4 is 5.32 Å². The average Bonchev–Trinajstić information content (AvgIpc) is 3.00. The van der Waals surface area contributed by atoms with Gasteiger partial charge in [0.2, 0.25) is 5.78 Å². The Morgan fingerprint density at radius 1 is 1.26 bits per heavy atom. The number of carbonyl (C=O) groups is 2. The van der Waals surface area contributed by atoms with Crippen LogP contribution in [0.2, 0.25) is 5.02 Å². The number of nitrogens with one attached hydrogen (secondary N) is 1. The van der Waals surface area contributed by atoms with E-state index in [1.165, 1.54) is 12.3 Å². The van der Waals surface area contributed by atoms with E-state index in [9.17, 15) is 9.59 Å². The third-order valence-electron chi connectivity index (χ3n) is 2.83. The van der Waals surface area contributed by atoms with Gasteiger partial charge in [0.25, 0.3) is 5.91 Å². The van der Waals surface area contributed by atoms with Crippen molar-refractivity contribution >= 4 is 34.6 Å². The summed E-state index contributed by atoms with van der Waals surface area (Å²) in [5, 5.41) is 3.09. The number of ketones is 1. The van der Waals surface area contributed by atoms with Crippen molar-refractivity contribution in [2.45, 2.75) is 0 Å². The molecule has 1 aliphatic rings. The molecule has 3 rings (SSSR count). The standard InChI is InChI=1S/C14H8ClNO3/c15-10-4-1-3-8-9(14(18)16-13(8)10)7-11(17)12-5-2-6-19-12/h1-7H,(H,16,18)/b9-7-. The highest BCUT2D eigenvalue weighted by Crippen LogP contribution is 2.37. The molecule has 1 aromatic heterocycles. The van der Waals surface area contributed by atoms with Crippen LogP contribution in [0.4, 0.5) is 5.69 Å². The first-order chi connectivity index (χ1) is 9.16. The van der Waals surface area contributed by atoms with Crippen molar-refractivity contribution in [3.05, 3.63) is 59.0 Å². The number of para-hydroxylation sites is 1. The summed E-state index contributed by atoms with van der Waals surface area (Å²) >= 11 is 5.99. The monoisotopic (exact) mass is 273 g/mol. The number of hydrogen-bond donors (Lipinski definition) is 1. The zero-order valence-electron chi connectivity index (χ0n) is 9.64. The molecule has 0 aliphatic carbocycles. The fourth-order valence-electron chi connectivity index (χ4n) is 1.94. The summed E-state index contributed by atoms with van der Waals surface area (Å²) in [7, 11) is 0. The number of furan rings is 1. The largest absolute Gasteiger partial charge is 0.461 e. The van der Waals surface area contributed by atoms with Gasteiger partial charge >= 0.3 is 0 Å². The third-order valence-corrected chi connectivity index (χ3v) is 3.14. The molecule has 1 aliphatic heterocycles. The van der Waals surface area contributed by atoms with Gasteiger partial charge in [-0.3, -0.25) is 9.59 Å². The van der Waals surface area contributed by atoms with Gasteiger partial charge in [0.15, 0.2) is 5.76 Å². The van der Waals surface area contributed by atoms with E-state index in [0.717, 1.165) is 0 Å². The summed E-state index contributed by atoms with van der Waals surface area (Å²) in [4.78, 5) is 23.8. The minimum atomic E-state index is -0.358. The Morgan fingerprint density at radius 3 is 2.84 bits per heavy atom. The number of halogens is 1. The average molecular weight is 274 g/mol. The molecule has 0 fully saturated rings. The van der Waals surface area contributed by atoms with Crippen molar-refractivity contribution in [1.29, 1.82) is 0 Å². The first-order valence-electron chi connectivity index (χ1n) is 5.56. The van der Waals surface area contributed by atoms with E-state index in [4.69, 9.17) is 16.0 Å². The van der Waals surface area contributed by atoms with E-state index >= 15 is 0 Å². The summed E-state index contributed by atoms with van der Waals surface area (Å²) < 4.78 is 5.00. The van der Waals surface area contributed by atoms with Crippen molar-refractivity contribution < 1.29 is 14.0 Å². The highest BCUT2D eigenvalue weighted by molar-refractivity contribution is 6.40. The van der Waals surface area contributed by atoms with E-state index in [0.29, 0.717) is 21.8 Å². The molecule has 2 heterocycles. The quantitative estimate of drug-likeness (QED) is 0.675. The van der Waals surface area contributed by atoms with Crippen LogP contribution in [0.1, 0.15) is 16.1 Å². The van der Waals surface area contributed by atoms with Crippen molar-refractivity contribution in [2.75, 3.05) is 5.32 Å². The number of allylic oxidation sites excluding steroid dienone is 1. The molecule has 1 amide bonds. The summed E-state index contributed by atoms with van der Waals surface area (Å²) in [5.41, 5.74) is 1.45. The molecule has 1 N–H and O–H groups in total. The van der Waals surface area contributed by atoms with Crippen LogP contribution in [0, 0.1) is 0 Å². The fourth-order valence-corrected chi connectivity index (χ4v) is 2.16. The second-order valence-electron chi connectivity index (χ2n) is 4.02. The lowest BCUT2D eigenvalue weighted by Gasteiger charge is -1.99. The number of hydrogen-bond acceptors (Lipinski definition) is 3. The SMILES string of the molecule is O=C1Nc2c(Cl)cccc2/C1=C/C(=O)c1ccco1. The van der Waals surface area contributed by atoms with Crippen LogP contribution >= 0.6 is 11.6 Å². The summed E-state index contributed by atoms with van der Waals surface area (Å²) in [6.07, 6.45) is 2.67. The van der Waals surface area contributed by atoms with Gasteiger partial charge in [-0.15, -0.1) is 0 Å². The Balaban J connectivity index is 2.05. The summed E-state index contributed by atoms with van der Waals surface area (Å²) in [6, 6.07) is 8.31. The lowest BCUT2D eigenvalue weighted by molar-refractivity contribution is -0.110. The molecule has 0 spiro atoms. The Labute approximate surface area is 113 Å². The normalized spacial score (nSPS) is 15.4. The second kappa shape index (κ2) is 4.40. The molecule has 0 atom stereocenters. The third kappa shape index (κ3) is 1.96. The van der Waals surface area contributed by atoms with Crippen molar-refractivity contribution in [1.82, 2.24) is 0 Å². The Bertz CT molecular complexity index is 701. The molecule has 94 valence electrons. The number of rotatable bonds is 2. The molecule has 0 unspecified atom stereocenters. The molecular weight excluding hydrogens is 266 g/mol. The molecule has 1 aromatic carbocycles. The first kappa shape index (κ1) is 11.7. The lowest BCUT2D eigenvalue weighted by atomic mass is 10.1. The van der Waals surface area contributed by atoms with Gasteiger partial charge < -0.3 is 9.73 Å². The number of fused-ring (bicyclic) bond motifs is 1. The van der Waals surface area contributed by atoms with Gasteiger partial charge in [-0.25, -0.2) is 0 Å². The molecule has 0 saturated carbocycles. The van der Waals surface area contributed by atoms with Crippen LogP contribution in [-0.4, -0.2) is 11.7 Å². The van der Waals surface area contributed by atoms with Crippen LogP contribution in [0.15, 0.2) is 47.1 Å². The minimum absolute atomic E-state index is 0.191. The molecule has 0 radical (unpaired) electrons. The van der Waals surface area contributed by atoms with Gasteiger partial charge in [-0.05, 0) is 18.2 Å². The van der Waals surface area contributed by atoms with Crippen LogP contribution in [0.3, 0.4) is 0 Å². The van der Waals surface area contributed by atoms with Gasteiger partial charge in [0.05, 0.1) is 22.5 Å². The molecule has 19 heavy (non-hydrogen) atoms. The number of benzene rings is 1. The van der Waals surface area contributed by atoms with E-state index < -0.39 is 0 Å². The van der Waals surface area contributed by atoms with Crippen LogP contribution in [0.5, 0.6) is 0 Å². The van der Waals surface area contributed by atoms with Gasteiger partial charge in [0, 0.05) is 11.6 Å². The lowest BCUT2D eigenvalue weighted by Crippen LogP contribution is -2.05. The van der Waals surface area contributed by atoms with Crippen LogP contribution in [-0.2, 0) is 4.79 Å². The summed E-state index contributed by atoms with van der Waals surface area (Å²) in [5.74, 6) is -0.512. The number of anilines is 1.